The highest BCUT2D eigenvalue weighted by atomic mass is 35.5. The van der Waals surface area contributed by atoms with E-state index in [9.17, 15) is 4.79 Å². The van der Waals surface area contributed by atoms with E-state index in [-0.39, 0.29) is 5.91 Å². The van der Waals surface area contributed by atoms with Crippen molar-refractivity contribution in [2.45, 2.75) is 62.4 Å². The molecular formula is C19H26Cl2N2O. The number of alkyl halides is 2. The molecule has 2 aliphatic carbocycles. The lowest BCUT2D eigenvalue weighted by Gasteiger charge is -2.31. The normalized spacial score (nSPS) is 26.4. The van der Waals surface area contributed by atoms with Gasteiger partial charge < -0.3 is 5.32 Å². The first-order chi connectivity index (χ1) is 11.3. The van der Waals surface area contributed by atoms with E-state index in [0.29, 0.717) is 12.5 Å². The Labute approximate surface area is 154 Å². The van der Waals surface area contributed by atoms with E-state index in [1.165, 1.54) is 32.1 Å². The van der Waals surface area contributed by atoms with E-state index in [1.54, 1.807) is 0 Å². The average Bonchev–Trinajstić information content (AvgIpc) is 3.09. The molecule has 0 aromatic heterocycles. The van der Waals surface area contributed by atoms with Gasteiger partial charge in [-0.1, -0.05) is 37.5 Å². The SMILES string of the molecule is CN(Cc1ccccc1NC(=O)[C@]1(C)CC1(Cl)Cl)C1CCCCC1. The highest BCUT2D eigenvalue weighted by Gasteiger charge is 2.67. The third-order valence-corrected chi connectivity index (χ3v) is 6.74. The van der Waals surface area contributed by atoms with Gasteiger partial charge in [0, 0.05) is 18.3 Å². The fraction of sp³-hybridized carbons (Fsp3) is 0.632. The average molecular weight is 369 g/mol. The van der Waals surface area contributed by atoms with Gasteiger partial charge in [-0.3, -0.25) is 9.69 Å². The summed E-state index contributed by atoms with van der Waals surface area (Å²) in [5.74, 6) is -0.0970. The predicted octanol–water partition coefficient (Wildman–Crippen LogP) is 4.97. The Morgan fingerprint density at radius 2 is 1.88 bits per heavy atom. The molecule has 24 heavy (non-hydrogen) atoms. The highest BCUT2D eigenvalue weighted by Crippen LogP contribution is 2.64. The summed E-state index contributed by atoms with van der Waals surface area (Å²) >= 11 is 12.3. The molecule has 3 nitrogen and oxygen atoms in total. The first-order valence-corrected chi connectivity index (χ1v) is 9.56. The highest BCUT2D eigenvalue weighted by molar-refractivity contribution is 6.53. The van der Waals surface area contributed by atoms with E-state index in [4.69, 9.17) is 23.2 Å². The van der Waals surface area contributed by atoms with Gasteiger partial charge in [0.15, 0.2) is 0 Å². The minimum Gasteiger partial charge on any atom is -0.325 e. The molecule has 132 valence electrons. The van der Waals surface area contributed by atoms with Crippen LogP contribution in [0.4, 0.5) is 5.69 Å². The van der Waals surface area contributed by atoms with Crippen LogP contribution in [0.5, 0.6) is 0 Å². The minimum atomic E-state index is -0.940. The Bertz CT molecular complexity index is 613. The topological polar surface area (TPSA) is 32.3 Å². The molecule has 0 heterocycles. The second-order valence-electron chi connectivity index (χ2n) is 7.53. The second kappa shape index (κ2) is 6.86. The lowest BCUT2D eigenvalue weighted by molar-refractivity contribution is -0.120. The third kappa shape index (κ3) is 3.58. The second-order valence-corrected chi connectivity index (χ2v) is 9.02. The molecule has 0 spiro atoms. The van der Waals surface area contributed by atoms with Crippen LogP contribution < -0.4 is 5.32 Å². The predicted molar refractivity (Wildman–Crippen MR) is 101 cm³/mol. The lowest BCUT2D eigenvalue weighted by Crippen LogP contribution is -2.33. The maximum atomic E-state index is 12.6. The molecular weight excluding hydrogens is 343 g/mol. The molecule has 0 unspecified atom stereocenters. The molecule has 0 radical (unpaired) electrons. The zero-order chi connectivity index (χ0) is 17.4. The Hall–Kier alpha value is -0.770. The number of halogens is 2. The number of hydrogen-bond acceptors (Lipinski definition) is 2. The number of hydrogen-bond donors (Lipinski definition) is 1. The van der Waals surface area contributed by atoms with E-state index in [1.807, 2.05) is 25.1 Å². The van der Waals surface area contributed by atoms with Gasteiger partial charge in [-0.2, -0.15) is 0 Å². The molecule has 1 aromatic carbocycles. The number of amides is 1. The van der Waals surface area contributed by atoms with Gasteiger partial charge in [0.1, 0.15) is 4.33 Å². The van der Waals surface area contributed by atoms with Gasteiger partial charge in [0.05, 0.1) is 5.41 Å². The molecule has 0 bridgehead atoms. The zero-order valence-electron chi connectivity index (χ0n) is 14.4. The van der Waals surface area contributed by atoms with E-state index in [2.05, 4.69) is 23.3 Å². The largest absolute Gasteiger partial charge is 0.325 e. The first kappa shape index (κ1) is 18.0. The quantitative estimate of drug-likeness (QED) is 0.743. The van der Waals surface area contributed by atoms with Crippen LogP contribution in [0.1, 0.15) is 51.0 Å². The molecule has 0 aliphatic heterocycles. The number of anilines is 1. The van der Waals surface area contributed by atoms with Crippen LogP contribution in [0.3, 0.4) is 0 Å². The third-order valence-electron chi connectivity index (χ3n) is 5.64. The number of rotatable bonds is 5. The first-order valence-electron chi connectivity index (χ1n) is 8.81. The molecule has 1 amide bonds. The molecule has 2 saturated carbocycles. The molecule has 1 atom stereocenters. The number of para-hydroxylation sites is 1. The minimum absolute atomic E-state index is 0.0970. The zero-order valence-corrected chi connectivity index (χ0v) is 16.0. The van der Waals surface area contributed by atoms with Crippen molar-refractivity contribution < 1.29 is 4.79 Å². The van der Waals surface area contributed by atoms with E-state index < -0.39 is 9.75 Å². The van der Waals surface area contributed by atoms with Gasteiger partial charge in [-0.05, 0) is 44.9 Å². The molecule has 0 saturated heterocycles. The summed E-state index contributed by atoms with van der Waals surface area (Å²) in [4.78, 5) is 15.0. The fourth-order valence-corrected chi connectivity index (χ4v) is 4.31. The smallest absolute Gasteiger partial charge is 0.233 e. The summed E-state index contributed by atoms with van der Waals surface area (Å²) in [5.41, 5.74) is 1.30. The Morgan fingerprint density at radius 3 is 2.50 bits per heavy atom. The molecule has 2 aliphatic rings. The van der Waals surface area contributed by atoms with Crippen LogP contribution in [-0.2, 0) is 11.3 Å². The van der Waals surface area contributed by atoms with Crippen molar-refractivity contribution in [3.05, 3.63) is 29.8 Å². The van der Waals surface area contributed by atoms with Crippen LogP contribution in [0, 0.1) is 5.41 Å². The number of nitrogens with zero attached hydrogens (tertiary/aromatic N) is 1. The molecule has 1 aromatic rings. The Morgan fingerprint density at radius 1 is 1.25 bits per heavy atom. The van der Waals surface area contributed by atoms with Crippen LogP contribution in [0.2, 0.25) is 0 Å². The van der Waals surface area contributed by atoms with Gasteiger partial charge in [0.2, 0.25) is 5.91 Å². The van der Waals surface area contributed by atoms with E-state index >= 15 is 0 Å². The Kier molecular flexibility index (Phi) is 5.15. The molecule has 1 N–H and O–H groups in total. The summed E-state index contributed by atoms with van der Waals surface area (Å²) in [6.45, 7) is 2.66. The van der Waals surface area contributed by atoms with Crippen LogP contribution in [-0.4, -0.2) is 28.2 Å². The fourth-order valence-electron chi connectivity index (χ4n) is 3.61. The number of carbonyl (C=O) groups is 1. The summed E-state index contributed by atoms with van der Waals surface area (Å²) in [6, 6.07) is 8.65. The van der Waals surface area contributed by atoms with Gasteiger partial charge in [-0.15, -0.1) is 23.2 Å². The standard InChI is InChI=1S/C19H26Cl2N2O/c1-18(13-19(18,20)21)17(24)22-16-11-7-6-8-14(16)12-23(2)15-9-4-3-5-10-15/h6-8,11,15H,3-5,9-10,12-13H2,1-2H3,(H,22,24)/t18-/m0/s1. The number of nitrogens with one attached hydrogen (secondary N) is 1. The van der Waals surface area contributed by atoms with Crippen LogP contribution >= 0.6 is 23.2 Å². The summed E-state index contributed by atoms with van der Waals surface area (Å²) in [7, 11) is 2.18. The molecule has 5 heteroatoms. The van der Waals surface area contributed by atoms with Crippen molar-refractivity contribution in [2.24, 2.45) is 5.41 Å². The lowest BCUT2D eigenvalue weighted by atomic mass is 9.94. The van der Waals surface area contributed by atoms with Crippen molar-refractivity contribution in [1.29, 1.82) is 0 Å². The number of carbonyl (C=O) groups excluding carboxylic acids is 1. The van der Waals surface area contributed by atoms with E-state index in [0.717, 1.165) is 17.8 Å². The Balaban J connectivity index is 1.68. The van der Waals surface area contributed by atoms with Gasteiger partial charge >= 0.3 is 0 Å². The molecule has 3 rings (SSSR count). The summed E-state index contributed by atoms with van der Waals surface area (Å²) < 4.78 is -0.940. The van der Waals surface area contributed by atoms with Crippen molar-refractivity contribution in [1.82, 2.24) is 4.90 Å². The van der Waals surface area contributed by atoms with Crippen molar-refractivity contribution in [2.75, 3.05) is 12.4 Å². The summed E-state index contributed by atoms with van der Waals surface area (Å²) in [5, 5.41) is 3.04. The summed E-state index contributed by atoms with van der Waals surface area (Å²) in [6.07, 6.45) is 7.03. The van der Waals surface area contributed by atoms with Gasteiger partial charge in [-0.25, -0.2) is 0 Å². The maximum absolute atomic E-state index is 12.6. The maximum Gasteiger partial charge on any atom is 0.233 e. The van der Waals surface area contributed by atoms with Crippen molar-refractivity contribution >= 4 is 34.8 Å². The van der Waals surface area contributed by atoms with Crippen molar-refractivity contribution in [3.63, 3.8) is 0 Å². The van der Waals surface area contributed by atoms with Crippen molar-refractivity contribution in [3.8, 4) is 0 Å². The van der Waals surface area contributed by atoms with Crippen LogP contribution in [0.15, 0.2) is 24.3 Å². The number of benzene rings is 1. The van der Waals surface area contributed by atoms with Gasteiger partial charge in [0.25, 0.3) is 0 Å². The molecule has 2 fully saturated rings. The van der Waals surface area contributed by atoms with Crippen LogP contribution in [0.25, 0.3) is 0 Å². The monoisotopic (exact) mass is 368 g/mol.